The van der Waals surface area contributed by atoms with Crippen molar-refractivity contribution in [2.45, 2.75) is 129 Å². The lowest BCUT2D eigenvalue weighted by Gasteiger charge is -2.43. The van der Waals surface area contributed by atoms with Gasteiger partial charge in [0.1, 0.15) is 18.8 Å². The van der Waals surface area contributed by atoms with Crippen LogP contribution in [0.25, 0.3) is 0 Å². The first kappa shape index (κ1) is 47.9. The molecule has 4 N–H and O–H groups in total. The number of β-amino-alcohol motifs (C(OH)–C–C–N with tert-alkyl or cyclic N) is 1. The van der Waals surface area contributed by atoms with Crippen LogP contribution in [0.3, 0.4) is 0 Å². The summed E-state index contributed by atoms with van der Waals surface area (Å²) in [5.74, 6) is -2.72. The van der Waals surface area contributed by atoms with Crippen LogP contribution in [0, 0.1) is 23.7 Å². The smallest absolute Gasteiger partial charge is 0.269 e. The molecule has 0 bridgehead atoms. The van der Waals surface area contributed by atoms with Crippen molar-refractivity contribution in [2.75, 3.05) is 48.0 Å². The molecule has 1 unspecified atom stereocenters. The molecule has 15 nitrogen and oxygen atoms in total. The maximum absolute atomic E-state index is 14.3. The van der Waals surface area contributed by atoms with Crippen molar-refractivity contribution in [1.29, 1.82) is 0 Å². The lowest BCUT2D eigenvalue weighted by molar-refractivity contribution is -0.172. The highest BCUT2D eigenvalue weighted by molar-refractivity contribution is 6.00. The lowest BCUT2D eigenvalue weighted by Crippen LogP contribution is -2.60. The van der Waals surface area contributed by atoms with E-state index < -0.39 is 66.1 Å². The molecular formula is C42H70N6O9. The maximum atomic E-state index is 14.3. The number of aliphatic hydroxyl groups is 1. The maximum Gasteiger partial charge on any atom is 0.269 e. The molecule has 3 rings (SSSR count). The van der Waals surface area contributed by atoms with E-state index in [0.29, 0.717) is 19.4 Å². The highest BCUT2D eigenvalue weighted by Crippen LogP contribution is 2.30. The van der Waals surface area contributed by atoms with Gasteiger partial charge in [-0.1, -0.05) is 85.2 Å². The van der Waals surface area contributed by atoms with Gasteiger partial charge < -0.3 is 30.1 Å². The van der Waals surface area contributed by atoms with Crippen LogP contribution in [-0.4, -0.2) is 146 Å². The number of imide groups is 1. The van der Waals surface area contributed by atoms with E-state index in [0.717, 1.165) is 17.0 Å². The van der Waals surface area contributed by atoms with Gasteiger partial charge in [-0.05, 0) is 50.3 Å². The monoisotopic (exact) mass is 803 g/mol. The number of hydrogen-bond donors (Lipinski definition) is 4. The Morgan fingerprint density at radius 1 is 0.965 bits per heavy atom. The molecule has 15 heteroatoms. The van der Waals surface area contributed by atoms with Crippen molar-refractivity contribution in [1.82, 2.24) is 30.8 Å². The summed E-state index contributed by atoms with van der Waals surface area (Å²) in [5.41, 5.74) is 0.843. The quantitative estimate of drug-likeness (QED) is 0.143. The van der Waals surface area contributed by atoms with Gasteiger partial charge >= 0.3 is 0 Å². The van der Waals surface area contributed by atoms with Gasteiger partial charge in [0.25, 0.3) is 5.91 Å². The third kappa shape index (κ3) is 12.5. The number of nitrogens with zero attached hydrogens (tertiary/aromatic N) is 3. The number of nitrogens with one attached hydrogen (secondary N) is 3. The zero-order valence-electron chi connectivity index (χ0n) is 36.0. The van der Waals surface area contributed by atoms with Gasteiger partial charge in [0.2, 0.25) is 23.6 Å². The van der Waals surface area contributed by atoms with E-state index in [1.807, 2.05) is 70.0 Å². The fourth-order valence-corrected chi connectivity index (χ4v) is 8.53. The summed E-state index contributed by atoms with van der Waals surface area (Å²) in [5, 5.41) is 19.7. The first-order chi connectivity index (χ1) is 27.0. The average molecular weight is 803 g/mol. The first-order valence-corrected chi connectivity index (χ1v) is 20.6. The highest BCUT2D eigenvalue weighted by atomic mass is 16.7. The second kappa shape index (κ2) is 22.6. The number of amides is 5. The summed E-state index contributed by atoms with van der Waals surface area (Å²) in [4.78, 5) is 77.8. The fraction of sp³-hybridized carbons (Fsp3) is 0.738. The molecule has 10 atom stereocenters. The Morgan fingerprint density at radius 2 is 1.63 bits per heavy atom. The van der Waals surface area contributed by atoms with Crippen LogP contribution in [0.4, 0.5) is 0 Å². The molecule has 1 aromatic carbocycles. The van der Waals surface area contributed by atoms with Crippen molar-refractivity contribution in [3.8, 4) is 0 Å². The van der Waals surface area contributed by atoms with Crippen molar-refractivity contribution in [3.63, 3.8) is 0 Å². The molecule has 2 aliphatic rings. The largest absolute Gasteiger partial charge is 0.389 e. The minimum atomic E-state index is -0.960. The van der Waals surface area contributed by atoms with Gasteiger partial charge in [0.05, 0.1) is 49.2 Å². The molecule has 0 spiro atoms. The predicted molar refractivity (Wildman–Crippen MR) is 216 cm³/mol. The molecule has 2 heterocycles. The number of carbonyl (C=O) groups is 5. The third-order valence-electron chi connectivity index (χ3n) is 11.7. The number of ether oxygens (including phenoxy) is 2. The summed E-state index contributed by atoms with van der Waals surface area (Å²) in [6.07, 6.45) is 0.252. The molecule has 0 aromatic heterocycles. The van der Waals surface area contributed by atoms with E-state index in [-0.39, 0.29) is 61.6 Å². The second-order valence-corrected chi connectivity index (χ2v) is 16.5. The van der Waals surface area contributed by atoms with Crippen molar-refractivity contribution in [2.24, 2.45) is 23.7 Å². The van der Waals surface area contributed by atoms with Crippen molar-refractivity contribution < 1.29 is 43.4 Å². The van der Waals surface area contributed by atoms with Crippen LogP contribution in [0.15, 0.2) is 30.3 Å². The SMILES string of the molecule is CC[C@H](C)[C@@H]([C@@H](CC(=O)N1CCC[C@H]1[C@H](OC)[C@@H](C)C(=O)N[C@@H](Cc1ccccc1)C(=O)N1CC(O)CO1)OC)N(C)[C@H](C(=O)NC(=O)[C@@H](NC)C(C)C)C(C)C. The first-order valence-electron chi connectivity index (χ1n) is 20.6. The van der Waals surface area contributed by atoms with Gasteiger partial charge in [0.15, 0.2) is 0 Å². The Labute approximate surface area is 339 Å². The number of likely N-dealkylation sites (tertiary alicyclic amines) is 1. The van der Waals surface area contributed by atoms with Gasteiger partial charge in [-0.15, -0.1) is 0 Å². The topological polar surface area (TPSA) is 179 Å². The van der Waals surface area contributed by atoms with Gasteiger partial charge in [-0.25, -0.2) is 5.06 Å². The summed E-state index contributed by atoms with van der Waals surface area (Å²) >= 11 is 0. The minimum Gasteiger partial charge on any atom is -0.389 e. The standard InChI is InChI=1S/C42H70N6O9/c1-12-27(6)37(46(9)36(26(4)5)41(53)45-40(52)35(43-8)25(2)3)33(55-10)22-34(50)47-20-16-19-32(47)38(56-11)28(7)39(51)44-31(21-29-17-14-13-15-18-29)42(54)48-23-30(49)24-57-48/h13-15,17-18,25-28,30-33,35-38,43,49H,12,16,19-24H2,1-11H3,(H,44,51)(H,45,52,53)/t27-,28+,30?,31-,32-,33+,35-,36-,37-,38+/m0/s1. The molecule has 0 radical (unpaired) electrons. The summed E-state index contributed by atoms with van der Waals surface area (Å²) < 4.78 is 12.1. The number of likely N-dealkylation sites (N-methyl/N-ethyl adjacent to an activating group) is 2. The Balaban J connectivity index is 1.80. The van der Waals surface area contributed by atoms with Gasteiger partial charge in [0, 0.05) is 33.2 Å². The molecule has 5 amide bonds. The van der Waals surface area contributed by atoms with Crippen LogP contribution in [0.2, 0.25) is 0 Å². The van der Waals surface area contributed by atoms with Crippen molar-refractivity contribution >= 4 is 29.5 Å². The van der Waals surface area contributed by atoms with E-state index in [2.05, 4.69) is 29.8 Å². The number of hydrogen-bond acceptors (Lipinski definition) is 11. The number of aliphatic hydroxyl groups excluding tert-OH is 1. The van der Waals surface area contributed by atoms with Crippen LogP contribution in [-0.2, 0) is 44.7 Å². The van der Waals surface area contributed by atoms with E-state index in [9.17, 15) is 29.1 Å². The Morgan fingerprint density at radius 3 is 2.16 bits per heavy atom. The van der Waals surface area contributed by atoms with E-state index >= 15 is 0 Å². The molecule has 0 saturated carbocycles. The molecule has 0 aliphatic carbocycles. The van der Waals surface area contributed by atoms with Gasteiger partial charge in [-0.3, -0.25) is 39.0 Å². The lowest BCUT2D eigenvalue weighted by atomic mass is 9.87. The average Bonchev–Trinajstić information content (AvgIpc) is 3.84. The second-order valence-electron chi connectivity index (χ2n) is 16.5. The molecular weight excluding hydrogens is 732 g/mol. The molecule has 2 aliphatic heterocycles. The Bertz CT molecular complexity index is 1460. The molecule has 57 heavy (non-hydrogen) atoms. The zero-order valence-corrected chi connectivity index (χ0v) is 36.0. The highest BCUT2D eigenvalue weighted by Gasteiger charge is 2.44. The molecule has 1 aromatic rings. The van der Waals surface area contributed by atoms with Crippen LogP contribution in [0.1, 0.15) is 79.7 Å². The van der Waals surface area contributed by atoms with E-state index in [1.165, 1.54) is 7.11 Å². The fourth-order valence-electron chi connectivity index (χ4n) is 8.53. The summed E-state index contributed by atoms with van der Waals surface area (Å²) in [7, 11) is 6.64. The normalized spacial score (nSPS) is 21.5. The molecule has 2 fully saturated rings. The van der Waals surface area contributed by atoms with Gasteiger partial charge in [-0.2, -0.15) is 0 Å². The molecule has 2 saturated heterocycles. The number of benzene rings is 1. The van der Waals surface area contributed by atoms with E-state index in [1.54, 1.807) is 26.0 Å². The summed E-state index contributed by atoms with van der Waals surface area (Å²) in [6.45, 7) is 14.0. The summed E-state index contributed by atoms with van der Waals surface area (Å²) in [6, 6.07) is 6.40. The van der Waals surface area contributed by atoms with Crippen LogP contribution in [0.5, 0.6) is 0 Å². The number of methoxy groups -OCH3 is 2. The molecule has 322 valence electrons. The Hall–Kier alpha value is -3.47. The van der Waals surface area contributed by atoms with Crippen LogP contribution < -0.4 is 16.0 Å². The third-order valence-corrected chi connectivity index (χ3v) is 11.7. The zero-order chi connectivity index (χ0) is 42.6. The Kier molecular flexibility index (Phi) is 19.0. The van der Waals surface area contributed by atoms with Crippen molar-refractivity contribution in [3.05, 3.63) is 35.9 Å². The number of carbonyl (C=O) groups excluding carboxylic acids is 5. The van der Waals surface area contributed by atoms with Crippen LogP contribution >= 0.6 is 0 Å². The number of hydroxylamine groups is 2. The predicted octanol–water partition coefficient (Wildman–Crippen LogP) is 2.15. The minimum absolute atomic E-state index is 0.00576. The number of rotatable bonds is 21. The van der Waals surface area contributed by atoms with E-state index in [4.69, 9.17) is 14.3 Å².